The number of nitrogens with one attached hydrogen (secondary N) is 1. The van der Waals surface area contributed by atoms with E-state index in [1.165, 1.54) is 0 Å². The van der Waals surface area contributed by atoms with Crippen molar-refractivity contribution in [1.29, 1.82) is 0 Å². The van der Waals surface area contributed by atoms with Crippen molar-refractivity contribution in [3.63, 3.8) is 0 Å². The second-order valence-electron chi connectivity index (χ2n) is 6.60. The predicted octanol–water partition coefficient (Wildman–Crippen LogP) is 1.63. The molecular formula is C15H32IN3O3S. The molecule has 0 unspecified atom stereocenters. The lowest BCUT2D eigenvalue weighted by Crippen LogP contribution is -2.57. The number of aliphatic hydroxyl groups is 1. The maximum Gasteiger partial charge on any atom is 0.194 e. The third-order valence-electron chi connectivity index (χ3n) is 4.52. The van der Waals surface area contributed by atoms with Gasteiger partial charge in [-0.15, -0.1) is 24.0 Å². The molecule has 0 bridgehead atoms. The lowest BCUT2D eigenvalue weighted by atomic mass is 9.98. The van der Waals surface area contributed by atoms with Gasteiger partial charge in [-0.2, -0.15) is 0 Å². The van der Waals surface area contributed by atoms with Gasteiger partial charge in [-0.25, -0.2) is 8.42 Å². The van der Waals surface area contributed by atoms with Crippen LogP contribution in [-0.2, 0) is 9.84 Å². The summed E-state index contributed by atoms with van der Waals surface area (Å²) in [6.07, 6.45) is 1.29. The average Bonchev–Trinajstić information content (AvgIpc) is 2.46. The summed E-state index contributed by atoms with van der Waals surface area (Å²) in [7, 11) is -3.07. The van der Waals surface area contributed by atoms with E-state index in [1.807, 2.05) is 25.7 Å². The molecule has 0 amide bonds. The van der Waals surface area contributed by atoms with Crippen molar-refractivity contribution >= 4 is 39.8 Å². The summed E-state index contributed by atoms with van der Waals surface area (Å²) in [5, 5.41) is 13.6. The van der Waals surface area contributed by atoms with E-state index in [0.29, 0.717) is 45.0 Å². The third kappa shape index (κ3) is 5.74. The normalized spacial score (nSPS) is 20.8. The van der Waals surface area contributed by atoms with Crippen LogP contribution in [0.15, 0.2) is 4.99 Å². The topological polar surface area (TPSA) is 82.0 Å². The van der Waals surface area contributed by atoms with Crippen LogP contribution in [0.4, 0.5) is 0 Å². The Balaban J connectivity index is 0.00000484. The van der Waals surface area contributed by atoms with Crippen molar-refractivity contribution in [2.45, 2.75) is 57.8 Å². The van der Waals surface area contributed by atoms with Crippen LogP contribution in [0.25, 0.3) is 0 Å². The van der Waals surface area contributed by atoms with Gasteiger partial charge in [-0.1, -0.05) is 13.8 Å². The first-order chi connectivity index (χ1) is 10.1. The molecule has 138 valence electrons. The molecule has 0 saturated carbocycles. The van der Waals surface area contributed by atoms with Gasteiger partial charge in [0.15, 0.2) is 15.8 Å². The maximum absolute atomic E-state index is 12.1. The van der Waals surface area contributed by atoms with Gasteiger partial charge in [0.25, 0.3) is 0 Å². The van der Waals surface area contributed by atoms with Gasteiger partial charge >= 0.3 is 0 Å². The number of sulfone groups is 1. The van der Waals surface area contributed by atoms with Crippen LogP contribution >= 0.6 is 24.0 Å². The molecule has 1 aliphatic heterocycles. The molecule has 0 aliphatic carbocycles. The number of aliphatic imine (C=N–C) groups is 1. The molecule has 0 aromatic rings. The Kier molecular flexibility index (Phi) is 8.81. The molecule has 23 heavy (non-hydrogen) atoms. The Morgan fingerprint density at radius 1 is 1.30 bits per heavy atom. The quantitative estimate of drug-likeness (QED) is 0.370. The second kappa shape index (κ2) is 8.84. The molecule has 0 atom stereocenters. The van der Waals surface area contributed by atoms with Gasteiger partial charge in [0.1, 0.15) is 0 Å². The summed E-state index contributed by atoms with van der Waals surface area (Å²) in [5.41, 5.74) is -0.794. The number of rotatable bonds is 5. The molecule has 0 spiro atoms. The molecule has 0 aromatic heterocycles. The van der Waals surface area contributed by atoms with E-state index in [4.69, 9.17) is 0 Å². The minimum Gasteiger partial charge on any atom is -0.388 e. The zero-order chi connectivity index (χ0) is 17.0. The predicted molar refractivity (Wildman–Crippen MR) is 106 cm³/mol. The molecule has 1 saturated heterocycles. The van der Waals surface area contributed by atoms with E-state index in [9.17, 15) is 13.5 Å². The van der Waals surface area contributed by atoms with E-state index in [0.717, 1.165) is 0 Å². The van der Waals surface area contributed by atoms with Gasteiger partial charge in [0.2, 0.25) is 0 Å². The summed E-state index contributed by atoms with van der Waals surface area (Å²) < 4.78 is 23.4. The van der Waals surface area contributed by atoms with Crippen LogP contribution in [0, 0.1) is 0 Å². The largest absolute Gasteiger partial charge is 0.388 e. The lowest BCUT2D eigenvalue weighted by Gasteiger charge is -2.39. The first kappa shape index (κ1) is 22.9. The van der Waals surface area contributed by atoms with Crippen molar-refractivity contribution in [1.82, 2.24) is 10.2 Å². The van der Waals surface area contributed by atoms with Crippen LogP contribution in [0.2, 0.25) is 0 Å². The second-order valence-corrected chi connectivity index (χ2v) is 9.34. The summed E-state index contributed by atoms with van der Waals surface area (Å²) >= 11 is 0. The van der Waals surface area contributed by atoms with Crippen LogP contribution in [0.3, 0.4) is 0 Å². The highest BCUT2D eigenvalue weighted by molar-refractivity contribution is 14.0. The van der Waals surface area contributed by atoms with Gasteiger partial charge < -0.3 is 15.3 Å². The number of guanidine groups is 1. The zero-order valence-corrected chi connectivity index (χ0v) is 18.1. The van der Waals surface area contributed by atoms with E-state index in [2.05, 4.69) is 10.3 Å². The van der Waals surface area contributed by atoms with Crippen molar-refractivity contribution in [2.24, 2.45) is 4.99 Å². The summed E-state index contributed by atoms with van der Waals surface area (Å²) in [6.45, 7) is 11.3. The molecule has 1 rings (SSSR count). The molecular weight excluding hydrogens is 429 g/mol. The van der Waals surface area contributed by atoms with Crippen LogP contribution in [0.5, 0.6) is 0 Å². The Morgan fingerprint density at radius 2 is 1.87 bits per heavy atom. The molecule has 1 fully saturated rings. The standard InChI is InChI=1S/C15H31N3O3S.HI/c1-6-15(19,7-2)11-17-13(16-8-3)18-9-10-22(20,21)14(4,5)12-18;/h19H,6-12H2,1-5H3,(H,16,17);1H. The van der Waals surface area contributed by atoms with Crippen LogP contribution in [-0.4, -0.2) is 66.7 Å². The maximum atomic E-state index is 12.1. The fourth-order valence-corrected chi connectivity index (χ4v) is 3.81. The zero-order valence-electron chi connectivity index (χ0n) is 14.9. The summed E-state index contributed by atoms with van der Waals surface area (Å²) in [4.78, 5) is 6.53. The fourth-order valence-electron chi connectivity index (χ4n) is 2.45. The highest BCUT2D eigenvalue weighted by atomic mass is 127. The Bertz CT molecular complexity index is 502. The van der Waals surface area contributed by atoms with Gasteiger partial charge in [0, 0.05) is 19.6 Å². The summed E-state index contributed by atoms with van der Waals surface area (Å²) in [6, 6.07) is 0. The highest BCUT2D eigenvalue weighted by Gasteiger charge is 2.41. The highest BCUT2D eigenvalue weighted by Crippen LogP contribution is 2.24. The molecule has 0 aromatic carbocycles. The van der Waals surface area contributed by atoms with Crippen molar-refractivity contribution < 1.29 is 13.5 Å². The molecule has 1 heterocycles. The molecule has 0 radical (unpaired) electrons. The van der Waals surface area contributed by atoms with E-state index >= 15 is 0 Å². The molecule has 1 aliphatic rings. The lowest BCUT2D eigenvalue weighted by molar-refractivity contribution is 0.0415. The van der Waals surface area contributed by atoms with Gasteiger partial charge in [-0.3, -0.25) is 4.99 Å². The van der Waals surface area contributed by atoms with Crippen molar-refractivity contribution in [2.75, 3.05) is 31.9 Å². The van der Waals surface area contributed by atoms with E-state index in [-0.39, 0.29) is 29.7 Å². The average molecular weight is 461 g/mol. The Morgan fingerprint density at radius 3 is 2.30 bits per heavy atom. The minimum absolute atomic E-state index is 0. The molecule has 6 nitrogen and oxygen atoms in total. The summed E-state index contributed by atoms with van der Waals surface area (Å²) in [5.74, 6) is 0.821. The fraction of sp³-hybridized carbons (Fsp3) is 0.933. The SMILES string of the molecule is CCNC(=NCC(O)(CC)CC)N1CCS(=O)(=O)C(C)(C)C1.I. The first-order valence-electron chi connectivity index (χ1n) is 8.08. The smallest absolute Gasteiger partial charge is 0.194 e. The Hall–Kier alpha value is -0.0900. The third-order valence-corrected chi connectivity index (χ3v) is 7.05. The number of hydrogen-bond donors (Lipinski definition) is 2. The Labute approximate surface area is 158 Å². The van der Waals surface area contributed by atoms with Crippen LogP contribution < -0.4 is 5.32 Å². The van der Waals surface area contributed by atoms with E-state index in [1.54, 1.807) is 13.8 Å². The number of nitrogens with zero attached hydrogens (tertiary/aromatic N) is 2. The van der Waals surface area contributed by atoms with Crippen molar-refractivity contribution in [3.05, 3.63) is 0 Å². The first-order valence-corrected chi connectivity index (χ1v) is 9.74. The monoisotopic (exact) mass is 461 g/mol. The molecule has 2 N–H and O–H groups in total. The molecule has 8 heteroatoms. The van der Waals surface area contributed by atoms with Crippen LogP contribution in [0.1, 0.15) is 47.5 Å². The number of halogens is 1. The van der Waals surface area contributed by atoms with Gasteiger partial charge in [0.05, 0.1) is 22.6 Å². The van der Waals surface area contributed by atoms with E-state index < -0.39 is 20.2 Å². The minimum atomic E-state index is -3.07. The number of hydrogen-bond acceptors (Lipinski definition) is 4. The van der Waals surface area contributed by atoms with Crippen molar-refractivity contribution in [3.8, 4) is 0 Å². The van der Waals surface area contributed by atoms with Gasteiger partial charge in [-0.05, 0) is 33.6 Å².